The molecule has 25 heavy (non-hydrogen) atoms. The number of carboxylic acid groups (broad SMARTS) is 1. The summed E-state index contributed by atoms with van der Waals surface area (Å²) < 4.78 is 0. The molecule has 0 saturated heterocycles. The zero-order valence-corrected chi connectivity index (χ0v) is 14.1. The number of halogens is 1. The minimum atomic E-state index is -0.981. The maximum Gasteiger partial charge on any atom is 0.335 e. The van der Waals surface area contributed by atoms with Crippen molar-refractivity contribution < 1.29 is 9.90 Å². The van der Waals surface area contributed by atoms with Crippen molar-refractivity contribution in [2.24, 2.45) is 0 Å². The first-order chi connectivity index (χ1) is 12.0. The van der Waals surface area contributed by atoms with E-state index in [0.717, 1.165) is 11.3 Å². The van der Waals surface area contributed by atoms with Crippen molar-refractivity contribution in [1.29, 1.82) is 0 Å². The van der Waals surface area contributed by atoms with Gasteiger partial charge in [0.05, 0.1) is 5.56 Å². The summed E-state index contributed by atoms with van der Waals surface area (Å²) in [5.74, 6) is 0.155. The minimum absolute atomic E-state index is 0.201. The predicted molar refractivity (Wildman–Crippen MR) is 98.2 cm³/mol. The number of carbonyl (C=O) groups is 1. The van der Waals surface area contributed by atoms with Gasteiger partial charge in [0.25, 0.3) is 0 Å². The van der Waals surface area contributed by atoms with Crippen LogP contribution in [0.5, 0.6) is 0 Å². The van der Waals surface area contributed by atoms with Gasteiger partial charge in [0, 0.05) is 22.5 Å². The summed E-state index contributed by atoms with van der Waals surface area (Å²) in [5, 5.41) is 16.0. The predicted octanol–water partition coefficient (Wildman–Crippen LogP) is 4.62. The number of benzene rings is 2. The first-order valence-electron chi connectivity index (χ1n) is 7.47. The molecule has 0 aliphatic rings. The van der Waals surface area contributed by atoms with Crippen LogP contribution in [-0.4, -0.2) is 21.0 Å². The molecule has 0 unspecified atom stereocenters. The van der Waals surface area contributed by atoms with Gasteiger partial charge in [0.15, 0.2) is 0 Å². The van der Waals surface area contributed by atoms with E-state index in [9.17, 15) is 4.79 Å². The van der Waals surface area contributed by atoms with Crippen molar-refractivity contribution in [1.82, 2.24) is 9.97 Å². The molecule has 0 bridgehead atoms. The Bertz CT molecular complexity index is 930. The molecule has 0 spiro atoms. The Morgan fingerprint density at radius 2 is 1.76 bits per heavy atom. The maximum absolute atomic E-state index is 11.0. The minimum Gasteiger partial charge on any atom is -0.478 e. The summed E-state index contributed by atoms with van der Waals surface area (Å²) in [7, 11) is 0. The van der Waals surface area contributed by atoms with Crippen LogP contribution in [0.2, 0.25) is 5.02 Å². The van der Waals surface area contributed by atoms with E-state index in [1.165, 1.54) is 12.4 Å². The molecule has 7 heteroatoms. The van der Waals surface area contributed by atoms with E-state index in [2.05, 4.69) is 20.6 Å². The Labute approximate surface area is 149 Å². The third-order valence-corrected chi connectivity index (χ3v) is 3.99. The molecule has 3 N–H and O–H groups in total. The number of aromatic nitrogens is 2. The summed E-state index contributed by atoms with van der Waals surface area (Å²) in [6, 6.07) is 13.8. The molecule has 1 heterocycles. The zero-order valence-electron chi connectivity index (χ0n) is 13.3. The third-order valence-electron chi connectivity index (χ3n) is 3.58. The van der Waals surface area contributed by atoms with Gasteiger partial charge in [-0.1, -0.05) is 23.7 Å². The molecule has 126 valence electrons. The fourth-order valence-electron chi connectivity index (χ4n) is 2.25. The third kappa shape index (κ3) is 4.05. The molecule has 6 nitrogen and oxygen atoms in total. The van der Waals surface area contributed by atoms with Gasteiger partial charge in [-0.25, -0.2) is 14.8 Å². The van der Waals surface area contributed by atoms with Crippen LogP contribution >= 0.6 is 11.6 Å². The first-order valence-corrected chi connectivity index (χ1v) is 7.85. The molecule has 0 saturated carbocycles. The quantitative estimate of drug-likeness (QED) is 0.619. The van der Waals surface area contributed by atoms with E-state index >= 15 is 0 Å². The van der Waals surface area contributed by atoms with Crippen LogP contribution in [0.25, 0.3) is 0 Å². The van der Waals surface area contributed by atoms with E-state index in [1.54, 1.807) is 24.3 Å². The largest absolute Gasteiger partial charge is 0.478 e. The molecule has 2 aromatic carbocycles. The number of hydrogen-bond acceptors (Lipinski definition) is 5. The molecule has 3 aromatic rings. The van der Waals surface area contributed by atoms with Crippen LogP contribution in [0.3, 0.4) is 0 Å². The highest BCUT2D eigenvalue weighted by atomic mass is 35.5. The Morgan fingerprint density at radius 3 is 2.52 bits per heavy atom. The Morgan fingerprint density at radius 1 is 1.04 bits per heavy atom. The van der Waals surface area contributed by atoms with E-state index in [4.69, 9.17) is 16.7 Å². The highest BCUT2D eigenvalue weighted by molar-refractivity contribution is 6.31. The van der Waals surface area contributed by atoms with Crippen molar-refractivity contribution >= 4 is 40.6 Å². The summed E-state index contributed by atoms with van der Waals surface area (Å²) in [4.78, 5) is 19.4. The number of hydrogen-bond donors (Lipinski definition) is 3. The second kappa shape index (κ2) is 7.19. The molecule has 0 atom stereocenters. The number of nitrogens with zero attached hydrogens (tertiary/aromatic N) is 2. The fraction of sp³-hybridized carbons (Fsp3) is 0.0556. The van der Waals surface area contributed by atoms with Crippen LogP contribution in [-0.2, 0) is 0 Å². The van der Waals surface area contributed by atoms with E-state index in [1.807, 2.05) is 25.1 Å². The first kappa shape index (κ1) is 16.7. The summed E-state index contributed by atoms with van der Waals surface area (Å²) in [6.45, 7) is 1.92. The van der Waals surface area contributed by atoms with Crippen LogP contribution in [0.15, 0.2) is 54.9 Å². The van der Waals surface area contributed by atoms with E-state index < -0.39 is 5.97 Å². The average Bonchev–Trinajstić information content (AvgIpc) is 2.59. The smallest absolute Gasteiger partial charge is 0.335 e. The topological polar surface area (TPSA) is 87.1 Å². The van der Waals surface area contributed by atoms with E-state index in [-0.39, 0.29) is 5.56 Å². The van der Waals surface area contributed by atoms with Crippen LogP contribution < -0.4 is 10.6 Å². The number of aromatic carboxylic acids is 1. The van der Waals surface area contributed by atoms with Gasteiger partial charge < -0.3 is 15.7 Å². The van der Waals surface area contributed by atoms with Crippen LogP contribution in [0.4, 0.5) is 23.0 Å². The lowest BCUT2D eigenvalue weighted by atomic mass is 10.2. The molecule has 0 aliphatic heterocycles. The van der Waals surface area contributed by atoms with Crippen LogP contribution in [0, 0.1) is 6.92 Å². The second-order valence-corrected chi connectivity index (χ2v) is 5.74. The molecule has 0 aliphatic carbocycles. The number of carboxylic acids is 1. The SMILES string of the molecule is Cc1c(Cl)cccc1Nc1cc(Nc2cccc(C(=O)O)c2)ncn1. The van der Waals surface area contributed by atoms with Crippen LogP contribution in [0.1, 0.15) is 15.9 Å². The van der Waals surface area contributed by atoms with Gasteiger partial charge in [-0.3, -0.25) is 0 Å². The molecular weight excluding hydrogens is 340 g/mol. The lowest BCUT2D eigenvalue weighted by molar-refractivity contribution is 0.0697. The van der Waals surface area contributed by atoms with Gasteiger partial charge in [-0.15, -0.1) is 0 Å². The van der Waals surface area contributed by atoms with Crippen molar-refractivity contribution in [3.63, 3.8) is 0 Å². The van der Waals surface area contributed by atoms with Gasteiger partial charge in [-0.05, 0) is 42.8 Å². The molecule has 0 fully saturated rings. The highest BCUT2D eigenvalue weighted by Gasteiger charge is 2.06. The monoisotopic (exact) mass is 354 g/mol. The number of rotatable bonds is 5. The number of nitrogens with one attached hydrogen (secondary N) is 2. The lowest BCUT2D eigenvalue weighted by Gasteiger charge is -2.11. The summed E-state index contributed by atoms with van der Waals surface area (Å²) in [6.07, 6.45) is 1.42. The fourth-order valence-corrected chi connectivity index (χ4v) is 2.43. The Kier molecular flexibility index (Phi) is 4.81. The lowest BCUT2D eigenvalue weighted by Crippen LogP contribution is -2.01. The standard InChI is InChI=1S/C18H15ClN4O2/c1-11-14(19)6-3-7-15(11)23-17-9-16(20-10-21-17)22-13-5-2-4-12(8-13)18(24)25/h2-10H,1H3,(H,24,25)(H2,20,21,22,23). The normalized spacial score (nSPS) is 10.3. The Balaban J connectivity index is 1.81. The summed E-state index contributed by atoms with van der Waals surface area (Å²) >= 11 is 6.13. The van der Waals surface area contributed by atoms with Gasteiger partial charge in [0.1, 0.15) is 18.0 Å². The van der Waals surface area contributed by atoms with Gasteiger partial charge in [-0.2, -0.15) is 0 Å². The van der Waals surface area contributed by atoms with Crippen molar-refractivity contribution in [2.45, 2.75) is 6.92 Å². The molecular formula is C18H15ClN4O2. The Hall–Kier alpha value is -3.12. The highest BCUT2D eigenvalue weighted by Crippen LogP contribution is 2.26. The van der Waals surface area contributed by atoms with Crippen molar-refractivity contribution in [3.05, 3.63) is 71.0 Å². The molecule has 0 amide bonds. The van der Waals surface area contributed by atoms with Gasteiger partial charge in [0.2, 0.25) is 0 Å². The summed E-state index contributed by atoms with van der Waals surface area (Å²) in [5.41, 5.74) is 2.60. The molecule has 1 aromatic heterocycles. The zero-order chi connectivity index (χ0) is 17.8. The maximum atomic E-state index is 11.0. The average molecular weight is 355 g/mol. The van der Waals surface area contributed by atoms with Crippen molar-refractivity contribution in [3.8, 4) is 0 Å². The second-order valence-electron chi connectivity index (χ2n) is 5.34. The molecule has 3 rings (SSSR count). The van der Waals surface area contributed by atoms with Gasteiger partial charge >= 0.3 is 5.97 Å². The van der Waals surface area contributed by atoms with Crippen molar-refractivity contribution in [2.75, 3.05) is 10.6 Å². The molecule has 0 radical (unpaired) electrons. The number of anilines is 4. The van der Waals surface area contributed by atoms with E-state index in [0.29, 0.717) is 22.3 Å².